The first-order valence-electron chi connectivity index (χ1n) is 2.76. The van der Waals surface area contributed by atoms with Crippen LogP contribution in [0.1, 0.15) is 19.8 Å². The minimum absolute atomic E-state index is 0.0266. The molecule has 2 nitrogen and oxygen atoms in total. The maximum Gasteiger partial charge on any atom is 0.163 e. The normalized spacial score (nSPS) is 12.7. The van der Waals surface area contributed by atoms with Crippen LogP contribution in [0.25, 0.3) is 0 Å². The van der Waals surface area contributed by atoms with Crippen LogP contribution in [0.5, 0.6) is 0 Å². The van der Waals surface area contributed by atoms with Crippen LogP contribution in [-0.4, -0.2) is 18.2 Å². The minimum atomic E-state index is -1.45. The van der Waals surface area contributed by atoms with E-state index in [-0.39, 0.29) is 12.8 Å². The van der Waals surface area contributed by atoms with E-state index in [2.05, 4.69) is 0 Å². The number of hydrogen-bond acceptors (Lipinski definition) is 2. The summed E-state index contributed by atoms with van der Waals surface area (Å²) in [5, 5.41) is 0. The van der Waals surface area contributed by atoms with Crippen LogP contribution >= 0.6 is 0 Å². The molecule has 0 spiro atoms. The number of carbonyl (C=O) groups excluding carboxylic acids is 2. The van der Waals surface area contributed by atoms with Crippen LogP contribution in [0.4, 0.5) is 4.39 Å². The van der Waals surface area contributed by atoms with E-state index >= 15 is 0 Å². The second kappa shape index (κ2) is 4.18. The molecule has 0 rings (SSSR count). The molecule has 0 amide bonds. The molecular formula is C6H9FO2. The summed E-state index contributed by atoms with van der Waals surface area (Å²) < 4.78 is 12.2. The highest BCUT2D eigenvalue weighted by Crippen LogP contribution is 2.00. The Bertz CT molecular complexity index is 112. The van der Waals surface area contributed by atoms with Crippen molar-refractivity contribution in [3.63, 3.8) is 0 Å². The molecule has 0 N–H and O–H groups in total. The zero-order chi connectivity index (χ0) is 7.28. The number of ketones is 1. The summed E-state index contributed by atoms with van der Waals surface area (Å²) in [4.78, 5) is 19.8. The fraction of sp³-hybridized carbons (Fsp3) is 0.667. The van der Waals surface area contributed by atoms with Gasteiger partial charge in [0.15, 0.2) is 12.0 Å². The van der Waals surface area contributed by atoms with E-state index in [1.165, 1.54) is 6.92 Å². The van der Waals surface area contributed by atoms with Crippen LogP contribution in [0, 0.1) is 0 Å². The average molecular weight is 132 g/mol. The molecule has 0 aliphatic carbocycles. The molecule has 0 aliphatic rings. The predicted molar refractivity (Wildman–Crippen MR) is 30.9 cm³/mol. The highest BCUT2D eigenvalue weighted by molar-refractivity contribution is 5.80. The van der Waals surface area contributed by atoms with E-state index in [0.717, 1.165) is 0 Å². The molecule has 0 bridgehead atoms. The fourth-order valence-electron chi connectivity index (χ4n) is 0.418. The summed E-state index contributed by atoms with van der Waals surface area (Å²) in [5.41, 5.74) is 0. The summed E-state index contributed by atoms with van der Waals surface area (Å²) in [7, 11) is 0. The van der Waals surface area contributed by atoms with E-state index in [4.69, 9.17) is 0 Å². The van der Waals surface area contributed by atoms with Gasteiger partial charge in [0.05, 0.1) is 0 Å². The van der Waals surface area contributed by atoms with Gasteiger partial charge < -0.3 is 4.79 Å². The Morgan fingerprint density at radius 1 is 1.78 bits per heavy atom. The molecule has 9 heavy (non-hydrogen) atoms. The highest BCUT2D eigenvalue weighted by atomic mass is 19.1. The van der Waals surface area contributed by atoms with Crippen LogP contribution < -0.4 is 0 Å². The average Bonchev–Trinajstić information content (AvgIpc) is 1.82. The molecule has 0 aromatic heterocycles. The molecule has 0 saturated heterocycles. The first kappa shape index (κ1) is 8.27. The zero-order valence-corrected chi connectivity index (χ0v) is 5.26. The third-order valence-electron chi connectivity index (χ3n) is 0.979. The van der Waals surface area contributed by atoms with Gasteiger partial charge >= 0.3 is 0 Å². The summed E-state index contributed by atoms with van der Waals surface area (Å²) in [6, 6.07) is 0. The Hall–Kier alpha value is -0.730. The summed E-state index contributed by atoms with van der Waals surface area (Å²) >= 11 is 0. The number of aldehydes is 1. The van der Waals surface area contributed by atoms with Gasteiger partial charge in [-0.1, -0.05) is 0 Å². The molecule has 0 fully saturated rings. The van der Waals surface area contributed by atoms with Crippen molar-refractivity contribution in [3.8, 4) is 0 Å². The fourth-order valence-corrected chi connectivity index (χ4v) is 0.418. The Balaban J connectivity index is 3.37. The largest absolute Gasteiger partial charge is 0.303 e. The number of hydrogen-bond donors (Lipinski definition) is 0. The van der Waals surface area contributed by atoms with E-state index < -0.39 is 12.0 Å². The Kier molecular flexibility index (Phi) is 3.84. The van der Waals surface area contributed by atoms with Crippen molar-refractivity contribution in [3.05, 3.63) is 0 Å². The SMILES string of the molecule is CC(=O)C(F)CCC=O. The first-order valence-corrected chi connectivity index (χ1v) is 2.76. The van der Waals surface area contributed by atoms with Gasteiger partial charge in [0.25, 0.3) is 0 Å². The molecule has 3 heteroatoms. The summed E-state index contributed by atoms with van der Waals surface area (Å²) in [6.07, 6.45) is -0.690. The third-order valence-corrected chi connectivity index (χ3v) is 0.979. The van der Waals surface area contributed by atoms with E-state index in [9.17, 15) is 14.0 Å². The molecule has 0 heterocycles. The number of carbonyl (C=O) groups is 2. The molecule has 52 valence electrons. The quantitative estimate of drug-likeness (QED) is 0.532. The Morgan fingerprint density at radius 3 is 2.67 bits per heavy atom. The van der Waals surface area contributed by atoms with E-state index in [1.807, 2.05) is 0 Å². The highest BCUT2D eigenvalue weighted by Gasteiger charge is 2.09. The molecular weight excluding hydrogens is 123 g/mol. The van der Waals surface area contributed by atoms with Gasteiger partial charge in [-0.2, -0.15) is 0 Å². The van der Waals surface area contributed by atoms with Gasteiger partial charge in [-0.25, -0.2) is 4.39 Å². The van der Waals surface area contributed by atoms with Gasteiger partial charge in [0.1, 0.15) is 6.29 Å². The van der Waals surface area contributed by atoms with Crippen molar-refractivity contribution in [2.24, 2.45) is 0 Å². The standard InChI is InChI=1S/C6H9FO2/c1-5(9)6(7)3-2-4-8/h4,6H,2-3H2,1H3. The number of rotatable bonds is 4. The predicted octanol–water partition coefficient (Wildman–Crippen LogP) is 0.893. The smallest absolute Gasteiger partial charge is 0.163 e. The lowest BCUT2D eigenvalue weighted by molar-refractivity contribution is -0.122. The van der Waals surface area contributed by atoms with Crippen LogP contribution in [0.2, 0.25) is 0 Å². The molecule has 0 aliphatic heterocycles. The van der Waals surface area contributed by atoms with Crippen LogP contribution in [0.15, 0.2) is 0 Å². The van der Waals surface area contributed by atoms with Crippen molar-refractivity contribution in [1.29, 1.82) is 0 Å². The monoisotopic (exact) mass is 132 g/mol. The minimum Gasteiger partial charge on any atom is -0.303 e. The molecule has 1 atom stereocenters. The van der Waals surface area contributed by atoms with E-state index in [0.29, 0.717) is 6.29 Å². The van der Waals surface area contributed by atoms with Gasteiger partial charge in [-0.3, -0.25) is 4.79 Å². The summed E-state index contributed by atoms with van der Waals surface area (Å²) in [5.74, 6) is -0.503. The van der Waals surface area contributed by atoms with Crippen molar-refractivity contribution >= 4 is 12.1 Å². The van der Waals surface area contributed by atoms with Gasteiger partial charge in [-0.05, 0) is 13.3 Å². The molecule has 0 aromatic carbocycles. The second-order valence-electron chi connectivity index (χ2n) is 1.82. The lowest BCUT2D eigenvalue weighted by Crippen LogP contribution is -2.10. The van der Waals surface area contributed by atoms with E-state index in [1.54, 1.807) is 0 Å². The van der Waals surface area contributed by atoms with Crippen LogP contribution in [0.3, 0.4) is 0 Å². The zero-order valence-electron chi connectivity index (χ0n) is 5.26. The van der Waals surface area contributed by atoms with Crippen molar-refractivity contribution in [2.45, 2.75) is 25.9 Å². The molecule has 0 saturated carbocycles. The lowest BCUT2D eigenvalue weighted by atomic mass is 10.2. The van der Waals surface area contributed by atoms with Gasteiger partial charge in [0.2, 0.25) is 0 Å². The topological polar surface area (TPSA) is 34.1 Å². The number of Topliss-reactive ketones (excluding diaryl/α,β-unsaturated/α-hetero) is 1. The first-order chi connectivity index (χ1) is 4.18. The van der Waals surface area contributed by atoms with Crippen molar-refractivity contribution in [2.75, 3.05) is 0 Å². The van der Waals surface area contributed by atoms with Gasteiger partial charge in [0, 0.05) is 6.42 Å². The number of alkyl halides is 1. The van der Waals surface area contributed by atoms with Crippen LogP contribution in [-0.2, 0) is 9.59 Å². The van der Waals surface area contributed by atoms with Crippen molar-refractivity contribution in [1.82, 2.24) is 0 Å². The Labute approximate surface area is 53.1 Å². The maximum atomic E-state index is 12.2. The number of halogens is 1. The van der Waals surface area contributed by atoms with Gasteiger partial charge in [-0.15, -0.1) is 0 Å². The maximum absolute atomic E-state index is 12.2. The lowest BCUT2D eigenvalue weighted by Gasteiger charge is -1.97. The third kappa shape index (κ3) is 3.82. The van der Waals surface area contributed by atoms with Crippen molar-refractivity contribution < 1.29 is 14.0 Å². The second-order valence-corrected chi connectivity index (χ2v) is 1.82. The molecule has 0 radical (unpaired) electrons. The summed E-state index contributed by atoms with van der Waals surface area (Å²) in [6.45, 7) is 1.18. The molecule has 0 aromatic rings. The Morgan fingerprint density at radius 2 is 2.33 bits per heavy atom. The molecule has 1 unspecified atom stereocenters.